The molecule has 1 heterocycles. The molecule has 102 valence electrons. The summed E-state index contributed by atoms with van der Waals surface area (Å²) in [6, 6.07) is -1.09. The molecular formula is C11H18N2O5. The molecule has 2 amide bonds. The Morgan fingerprint density at radius 3 is 2.56 bits per heavy atom. The SMILES string of the molecule is CC(C)(C)OC(=O)NC1C(=O)NCCC1C(=O)O. The highest BCUT2D eigenvalue weighted by atomic mass is 16.6. The highest BCUT2D eigenvalue weighted by Gasteiger charge is 2.38. The van der Waals surface area contributed by atoms with Gasteiger partial charge in [0.15, 0.2) is 0 Å². The van der Waals surface area contributed by atoms with Crippen LogP contribution in [0.1, 0.15) is 27.2 Å². The molecule has 1 fully saturated rings. The fourth-order valence-corrected chi connectivity index (χ4v) is 1.68. The molecule has 0 aromatic carbocycles. The van der Waals surface area contributed by atoms with Gasteiger partial charge in [0.1, 0.15) is 11.6 Å². The number of rotatable bonds is 2. The number of nitrogens with one attached hydrogen (secondary N) is 2. The Kier molecular flexibility index (Phi) is 4.15. The summed E-state index contributed by atoms with van der Waals surface area (Å²) in [5.41, 5.74) is -0.700. The molecule has 0 spiro atoms. The van der Waals surface area contributed by atoms with Gasteiger partial charge in [-0.05, 0) is 27.2 Å². The predicted molar refractivity (Wildman–Crippen MR) is 61.9 cm³/mol. The predicted octanol–water partition coefficient (Wildman–Crippen LogP) is 0.100. The van der Waals surface area contributed by atoms with Crippen LogP contribution >= 0.6 is 0 Å². The molecule has 1 rings (SSSR count). The van der Waals surface area contributed by atoms with Gasteiger partial charge in [0.05, 0.1) is 5.92 Å². The van der Waals surface area contributed by atoms with E-state index in [1.165, 1.54) is 0 Å². The molecule has 0 radical (unpaired) electrons. The molecule has 0 bridgehead atoms. The molecule has 0 aliphatic carbocycles. The number of hydrogen-bond donors (Lipinski definition) is 3. The Bertz CT molecular complexity index is 361. The number of alkyl carbamates (subject to hydrolysis) is 1. The van der Waals surface area contributed by atoms with Crippen molar-refractivity contribution in [3.63, 3.8) is 0 Å². The molecule has 7 nitrogen and oxygen atoms in total. The number of hydrogen-bond acceptors (Lipinski definition) is 4. The molecular weight excluding hydrogens is 240 g/mol. The van der Waals surface area contributed by atoms with Crippen LogP contribution < -0.4 is 10.6 Å². The Morgan fingerprint density at radius 2 is 2.06 bits per heavy atom. The summed E-state index contributed by atoms with van der Waals surface area (Å²) in [6.07, 6.45) is -0.516. The van der Waals surface area contributed by atoms with Gasteiger partial charge < -0.3 is 20.5 Å². The molecule has 7 heteroatoms. The van der Waals surface area contributed by atoms with Crippen molar-refractivity contribution in [3.05, 3.63) is 0 Å². The number of carboxylic acid groups (broad SMARTS) is 1. The topological polar surface area (TPSA) is 105 Å². The molecule has 18 heavy (non-hydrogen) atoms. The minimum absolute atomic E-state index is 0.279. The molecule has 1 saturated heterocycles. The molecule has 1 aliphatic heterocycles. The van der Waals surface area contributed by atoms with Gasteiger partial charge in [-0.1, -0.05) is 0 Å². The van der Waals surface area contributed by atoms with Crippen molar-refractivity contribution in [2.45, 2.75) is 38.8 Å². The number of carbonyl (C=O) groups is 3. The third kappa shape index (κ3) is 3.90. The standard InChI is InChI=1S/C11H18N2O5/c1-11(2,3)18-10(17)13-7-6(9(15)16)4-5-12-8(7)14/h6-7H,4-5H2,1-3H3,(H,12,14)(H,13,17)(H,15,16). The molecule has 1 aliphatic rings. The van der Waals surface area contributed by atoms with Gasteiger partial charge in [-0.15, -0.1) is 0 Å². The second-order valence-corrected chi connectivity index (χ2v) is 5.15. The fourth-order valence-electron chi connectivity index (χ4n) is 1.68. The van der Waals surface area contributed by atoms with Gasteiger partial charge in [0.25, 0.3) is 0 Å². The monoisotopic (exact) mass is 258 g/mol. The van der Waals surface area contributed by atoms with Crippen LogP contribution in [0.25, 0.3) is 0 Å². The van der Waals surface area contributed by atoms with Gasteiger partial charge in [0.2, 0.25) is 5.91 Å². The lowest BCUT2D eigenvalue weighted by molar-refractivity contribution is -0.147. The number of piperidine rings is 1. The van der Waals surface area contributed by atoms with Crippen LogP contribution in [0, 0.1) is 5.92 Å². The zero-order valence-electron chi connectivity index (χ0n) is 10.6. The Balaban J connectivity index is 2.69. The van der Waals surface area contributed by atoms with E-state index in [0.717, 1.165) is 0 Å². The van der Waals surface area contributed by atoms with Crippen LogP contribution in [0.5, 0.6) is 0 Å². The molecule has 2 unspecified atom stereocenters. The number of carboxylic acids is 1. The van der Waals surface area contributed by atoms with Gasteiger partial charge in [0, 0.05) is 6.54 Å². The first kappa shape index (κ1) is 14.3. The lowest BCUT2D eigenvalue weighted by Gasteiger charge is -2.29. The maximum absolute atomic E-state index is 11.6. The van der Waals surface area contributed by atoms with Crippen LogP contribution in [-0.2, 0) is 14.3 Å². The second kappa shape index (κ2) is 5.24. The van der Waals surface area contributed by atoms with Gasteiger partial charge >= 0.3 is 12.1 Å². The first-order valence-electron chi connectivity index (χ1n) is 5.71. The summed E-state index contributed by atoms with van der Waals surface area (Å²) in [5, 5.41) is 13.8. The van der Waals surface area contributed by atoms with E-state index in [2.05, 4.69) is 10.6 Å². The maximum atomic E-state index is 11.6. The zero-order valence-corrected chi connectivity index (χ0v) is 10.6. The molecule has 2 atom stereocenters. The van der Waals surface area contributed by atoms with Crippen molar-refractivity contribution in [1.29, 1.82) is 0 Å². The Labute approximate surface area is 105 Å². The first-order chi connectivity index (χ1) is 8.20. The van der Waals surface area contributed by atoms with Crippen molar-refractivity contribution in [2.24, 2.45) is 5.92 Å². The van der Waals surface area contributed by atoms with E-state index in [9.17, 15) is 14.4 Å². The van der Waals surface area contributed by atoms with Crippen molar-refractivity contribution in [1.82, 2.24) is 10.6 Å². The van der Waals surface area contributed by atoms with Gasteiger partial charge in [-0.3, -0.25) is 9.59 Å². The lowest BCUT2D eigenvalue weighted by atomic mass is 9.92. The number of aliphatic carboxylic acids is 1. The van der Waals surface area contributed by atoms with Crippen molar-refractivity contribution < 1.29 is 24.2 Å². The smallest absolute Gasteiger partial charge is 0.408 e. The van der Waals surface area contributed by atoms with E-state index in [0.29, 0.717) is 6.54 Å². The van der Waals surface area contributed by atoms with Crippen LogP contribution in [0.2, 0.25) is 0 Å². The zero-order chi connectivity index (χ0) is 13.9. The van der Waals surface area contributed by atoms with E-state index in [1.807, 2.05) is 0 Å². The van der Waals surface area contributed by atoms with E-state index in [-0.39, 0.29) is 6.42 Å². The summed E-state index contributed by atoms with van der Waals surface area (Å²) >= 11 is 0. The fraction of sp³-hybridized carbons (Fsp3) is 0.727. The van der Waals surface area contributed by atoms with Crippen molar-refractivity contribution in [2.75, 3.05) is 6.54 Å². The molecule has 3 N–H and O–H groups in total. The minimum atomic E-state index is -1.11. The van der Waals surface area contributed by atoms with Gasteiger partial charge in [-0.25, -0.2) is 4.79 Å². The van der Waals surface area contributed by atoms with E-state index < -0.39 is 35.5 Å². The van der Waals surface area contributed by atoms with Crippen LogP contribution in [0.3, 0.4) is 0 Å². The van der Waals surface area contributed by atoms with E-state index in [4.69, 9.17) is 9.84 Å². The maximum Gasteiger partial charge on any atom is 0.408 e. The lowest BCUT2D eigenvalue weighted by Crippen LogP contribution is -2.57. The Morgan fingerprint density at radius 1 is 1.44 bits per heavy atom. The third-order valence-corrected chi connectivity index (χ3v) is 2.43. The summed E-state index contributed by atoms with van der Waals surface area (Å²) < 4.78 is 4.99. The highest BCUT2D eigenvalue weighted by Crippen LogP contribution is 2.15. The average Bonchev–Trinajstić information content (AvgIpc) is 2.17. The Hall–Kier alpha value is -1.79. The molecule has 0 aromatic heterocycles. The van der Waals surface area contributed by atoms with Crippen LogP contribution in [0.4, 0.5) is 4.79 Å². The largest absolute Gasteiger partial charge is 0.481 e. The molecule has 0 saturated carbocycles. The van der Waals surface area contributed by atoms with Gasteiger partial charge in [-0.2, -0.15) is 0 Å². The normalized spacial score (nSPS) is 24.1. The summed E-state index contributed by atoms with van der Waals surface area (Å²) in [4.78, 5) is 34.1. The van der Waals surface area contributed by atoms with Crippen LogP contribution in [-0.4, -0.2) is 41.3 Å². The quantitative estimate of drug-likeness (QED) is 0.651. The number of amides is 2. The first-order valence-corrected chi connectivity index (χ1v) is 5.71. The van der Waals surface area contributed by atoms with Crippen molar-refractivity contribution in [3.8, 4) is 0 Å². The van der Waals surface area contributed by atoms with E-state index >= 15 is 0 Å². The van der Waals surface area contributed by atoms with E-state index in [1.54, 1.807) is 20.8 Å². The minimum Gasteiger partial charge on any atom is -0.481 e. The third-order valence-electron chi connectivity index (χ3n) is 2.43. The average molecular weight is 258 g/mol. The summed E-state index contributed by atoms with van der Waals surface area (Å²) in [5.74, 6) is -2.53. The highest BCUT2D eigenvalue weighted by molar-refractivity contribution is 5.91. The molecule has 0 aromatic rings. The van der Waals surface area contributed by atoms with Crippen LogP contribution in [0.15, 0.2) is 0 Å². The summed E-state index contributed by atoms with van der Waals surface area (Å²) in [7, 11) is 0. The second-order valence-electron chi connectivity index (χ2n) is 5.15. The number of carbonyl (C=O) groups excluding carboxylic acids is 2. The summed E-state index contributed by atoms with van der Waals surface area (Å²) in [6.45, 7) is 5.34. The van der Waals surface area contributed by atoms with Crippen molar-refractivity contribution >= 4 is 18.0 Å². The number of ether oxygens (including phenoxy) is 1.